The standard InChI is InChI=1S/C18H18ClFN2O5S/c1-26-15-6-5-12(18(23)21-14-4-2-3-13(19)17(14)20)11-16(15)28(24,25)22-7-9-27-10-8-22/h2-6,11H,7-10H2,1H3,(H,21,23). The molecular weight excluding hydrogens is 411 g/mol. The Hall–Kier alpha value is -2.20. The van der Waals surface area contributed by atoms with Gasteiger partial charge in [-0.1, -0.05) is 17.7 Å². The number of rotatable bonds is 5. The number of carbonyl (C=O) groups is 1. The van der Waals surface area contributed by atoms with E-state index in [1.165, 1.54) is 47.8 Å². The molecule has 3 rings (SSSR count). The van der Waals surface area contributed by atoms with Crippen molar-refractivity contribution in [2.45, 2.75) is 4.90 Å². The maximum atomic E-state index is 14.0. The Labute approximate surface area is 167 Å². The maximum Gasteiger partial charge on any atom is 0.255 e. The molecule has 150 valence electrons. The van der Waals surface area contributed by atoms with Gasteiger partial charge in [0.1, 0.15) is 10.6 Å². The van der Waals surface area contributed by atoms with Crippen molar-refractivity contribution in [3.8, 4) is 5.75 Å². The molecule has 0 unspecified atom stereocenters. The summed E-state index contributed by atoms with van der Waals surface area (Å²) in [4.78, 5) is 12.4. The predicted octanol–water partition coefficient (Wildman–Crippen LogP) is 2.76. The number of anilines is 1. The fraction of sp³-hybridized carbons (Fsp3) is 0.278. The van der Waals surface area contributed by atoms with E-state index in [-0.39, 0.29) is 53.2 Å². The second-order valence-electron chi connectivity index (χ2n) is 5.94. The average molecular weight is 429 g/mol. The molecule has 10 heteroatoms. The summed E-state index contributed by atoms with van der Waals surface area (Å²) in [6, 6.07) is 8.19. The van der Waals surface area contributed by atoms with Crippen LogP contribution in [0.1, 0.15) is 10.4 Å². The summed E-state index contributed by atoms with van der Waals surface area (Å²) in [5, 5.41) is 2.26. The van der Waals surface area contributed by atoms with E-state index < -0.39 is 21.7 Å². The van der Waals surface area contributed by atoms with Crippen molar-refractivity contribution in [3.63, 3.8) is 0 Å². The van der Waals surface area contributed by atoms with Crippen LogP contribution in [0, 0.1) is 5.82 Å². The number of nitrogens with one attached hydrogen (secondary N) is 1. The second kappa shape index (κ2) is 8.44. The summed E-state index contributed by atoms with van der Waals surface area (Å²) in [6.45, 7) is 0.983. The number of morpholine rings is 1. The van der Waals surface area contributed by atoms with Crippen LogP contribution in [0.15, 0.2) is 41.3 Å². The van der Waals surface area contributed by atoms with Crippen LogP contribution in [-0.2, 0) is 14.8 Å². The smallest absolute Gasteiger partial charge is 0.255 e. The van der Waals surface area contributed by atoms with Crippen molar-refractivity contribution < 1.29 is 27.1 Å². The molecule has 28 heavy (non-hydrogen) atoms. The van der Waals surface area contributed by atoms with E-state index in [1.807, 2.05) is 0 Å². The molecule has 2 aromatic carbocycles. The van der Waals surface area contributed by atoms with Crippen molar-refractivity contribution in [2.75, 3.05) is 38.7 Å². The van der Waals surface area contributed by atoms with E-state index in [4.69, 9.17) is 21.1 Å². The van der Waals surface area contributed by atoms with Crippen LogP contribution < -0.4 is 10.1 Å². The minimum atomic E-state index is -3.90. The van der Waals surface area contributed by atoms with Gasteiger partial charge >= 0.3 is 0 Å². The SMILES string of the molecule is COc1ccc(C(=O)Nc2cccc(Cl)c2F)cc1S(=O)(=O)N1CCOCC1. The van der Waals surface area contributed by atoms with Crippen LogP contribution in [0.3, 0.4) is 0 Å². The molecule has 0 bridgehead atoms. The molecule has 1 N–H and O–H groups in total. The van der Waals surface area contributed by atoms with Crippen LogP contribution >= 0.6 is 11.6 Å². The first kappa shape index (κ1) is 20.5. The largest absolute Gasteiger partial charge is 0.495 e. The van der Waals surface area contributed by atoms with E-state index in [0.29, 0.717) is 0 Å². The average Bonchev–Trinajstić information content (AvgIpc) is 2.71. The monoisotopic (exact) mass is 428 g/mol. The predicted molar refractivity (Wildman–Crippen MR) is 102 cm³/mol. The maximum absolute atomic E-state index is 14.0. The Bertz CT molecular complexity index is 993. The van der Waals surface area contributed by atoms with Crippen LogP contribution in [0.4, 0.5) is 10.1 Å². The Morgan fingerprint density at radius 3 is 2.64 bits per heavy atom. The molecule has 1 heterocycles. The molecule has 2 aromatic rings. The Kier molecular flexibility index (Phi) is 6.19. The molecule has 0 aromatic heterocycles. The van der Waals surface area contributed by atoms with E-state index in [0.717, 1.165) is 0 Å². The zero-order chi connectivity index (χ0) is 20.3. The van der Waals surface area contributed by atoms with E-state index in [2.05, 4.69) is 5.32 Å². The van der Waals surface area contributed by atoms with E-state index >= 15 is 0 Å². The van der Waals surface area contributed by atoms with Gasteiger partial charge in [0, 0.05) is 18.7 Å². The molecule has 1 saturated heterocycles. The topological polar surface area (TPSA) is 84.9 Å². The lowest BCUT2D eigenvalue weighted by Crippen LogP contribution is -2.40. The number of benzene rings is 2. The first-order valence-corrected chi connectivity index (χ1v) is 10.2. The zero-order valence-electron chi connectivity index (χ0n) is 14.9. The molecule has 0 aliphatic carbocycles. The van der Waals surface area contributed by atoms with Gasteiger partial charge in [-0.25, -0.2) is 12.8 Å². The highest BCUT2D eigenvalue weighted by atomic mass is 35.5. The van der Waals surface area contributed by atoms with E-state index in [1.54, 1.807) is 0 Å². The van der Waals surface area contributed by atoms with Gasteiger partial charge in [0.2, 0.25) is 10.0 Å². The lowest BCUT2D eigenvalue weighted by molar-refractivity contribution is 0.0729. The molecule has 1 amide bonds. The number of halogens is 2. The number of hydrogen-bond acceptors (Lipinski definition) is 5. The lowest BCUT2D eigenvalue weighted by atomic mass is 10.2. The van der Waals surface area contributed by atoms with Gasteiger partial charge in [0.25, 0.3) is 5.91 Å². The van der Waals surface area contributed by atoms with Crippen molar-refractivity contribution >= 4 is 33.2 Å². The van der Waals surface area contributed by atoms with Gasteiger partial charge in [0.15, 0.2) is 5.82 Å². The molecule has 0 saturated carbocycles. The minimum Gasteiger partial charge on any atom is -0.495 e. The highest BCUT2D eigenvalue weighted by Gasteiger charge is 2.30. The number of amides is 1. The van der Waals surface area contributed by atoms with Crippen LogP contribution in [0.25, 0.3) is 0 Å². The van der Waals surface area contributed by atoms with Gasteiger partial charge < -0.3 is 14.8 Å². The number of hydrogen-bond donors (Lipinski definition) is 1. The Morgan fingerprint density at radius 1 is 1.25 bits per heavy atom. The Balaban J connectivity index is 1.94. The lowest BCUT2D eigenvalue weighted by Gasteiger charge is -2.26. The fourth-order valence-electron chi connectivity index (χ4n) is 2.74. The number of sulfonamides is 1. The second-order valence-corrected chi connectivity index (χ2v) is 8.25. The molecule has 7 nitrogen and oxygen atoms in total. The van der Waals surface area contributed by atoms with Crippen LogP contribution in [-0.4, -0.2) is 52.0 Å². The third-order valence-electron chi connectivity index (χ3n) is 4.21. The summed E-state index contributed by atoms with van der Waals surface area (Å²) in [5.74, 6) is -1.34. The van der Waals surface area contributed by atoms with Crippen molar-refractivity contribution in [1.29, 1.82) is 0 Å². The fourth-order valence-corrected chi connectivity index (χ4v) is 4.50. The minimum absolute atomic E-state index is 0.0343. The first-order valence-electron chi connectivity index (χ1n) is 8.36. The third kappa shape index (κ3) is 4.12. The molecule has 1 fully saturated rings. The van der Waals surface area contributed by atoms with Crippen molar-refractivity contribution in [2.24, 2.45) is 0 Å². The Morgan fingerprint density at radius 2 is 1.96 bits per heavy atom. The normalized spacial score (nSPS) is 15.2. The van der Waals surface area contributed by atoms with Crippen molar-refractivity contribution in [3.05, 3.63) is 52.8 Å². The summed E-state index contributed by atoms with van der Waals surface area (Å²) in [5.41, 5.74) is -0.0714. The molecule has 0 spiro atoms. The molecule has 0 radical (unpaired) electrons. The number of carbonyl (C=O) groups excluding carboxylic acids is 1. The van der Waals surface area contributed by atoms with Gasteiger partial charge in [-0.15, -0.1) is 0 Å². The number of methoxy groups -OCH3 is 1. The van der Waals surface area contributed by atoms with Gasteiger partial charge in [0.05, 0.1) is 31.0 Å². The summed E-state index contributed by atoms with van der Waals surface area (Å²) >= 11 is 5.72. The molecular formula is C18H18ClFN2O5S. The van der Waals surface area contributed by atoms with Crippen LogP contribution in [0.2, 0.25) is 5.02 Å². The molecule has 0 atom stereocenters. The van der Waals surface area contributed by atoms with Gasteiger partial charge in [-0.3, -0.25) is 4.79 Å². The third-order valence-corrected chi connectivity index (χ3v) is 6.43. The highest BCUT2D eigenvalue weighted by molar-refractivity contribution is 7.89. The summed E-state index contributed by atoms with van der Waals surface area (Å²) < 4.78 is 51.6. The quantitative estimate of drug-likeness (QED) is 0.791. The zero-order valence-corrected chi connectivity index (χ0v) is 16.5. The summed E-state index contributed by atoms with van der Waals surface area (Å²) in [7, 11) is -2.55. The van der Waals surface area contributed by atoms with Crippen molar-refractivity contribution in [1.82, 2.24) is 4.31 Å². The van der Waals surface area contributed by atoms with E-state index in [9.17, 15) is 17.6 Å². The van der Waals surface area contributed by atoms with Gasteiger partial charge in [-0.2, -0.15) is 4.31 Å². The first-order chi connectivity index (χ1) is 13.3. The van der Waals surface area contributed by atoms with Crippen LogP contribution in [0.5, 0.6) is 5.75 Å². The highest BCUT2D eigenvalue weighted by Crippen LogP contribution is 2.29. The molecule has 1 aliphatic rings. The number of ether oxygens (including phenoxy) is 2. The summed E-state index contributed by atoms with van der Waals surface area (Å²) in [6.07, 6.45) is 0. The van der Waals surface area contributed by atoms with Gasteiger partial charge in [-0.05, 0) is 30.3 Å². The molecule has 1 aliphatic heterocycles. The number of nitrogens with zero attached hydrogens (tertiary/aromatic N) is 1.